The molecule has 2 fully saturated rings. The van der Waals surface area contributed by atoms with Crippen LogP contribution in [-0.2, 0) is 14.3 Å². The van der Waals surface area contributed by atoms with Crippen molar-refractivity contribution in [3.05, 3.63) is 0 Å². The van der Waals surface area contributed by atoms with Crippen molar-refractivity contribution < 1.29 is 14.3 Å². The maximum Gasteiger partial charge on any atom is 0.222 e. The van der Waals surface area contributed by atoms with Gasteiger partial charge in [0, 0.05) is 26.1 Å². The molecule has 1 atom stereocenters. The predicted molar refractivity (Wildman–Crippen MR) is 84.7 cm³/mol. The summed E-state index contributed by atoms with van der Waals surface area (Å²) in [5.41, 5.74) is 5.44. The summed E-state index contributed by atoms with van der Waals surface area (Å²) in [6.45, 7) is 3.82. The molecule has 0 aromatic rings. The van der Waals surface area contributed by atoms with E-state index >= 15 is 0 Å². The lowest BCUT2D eigenvalue weighted by molar-refractivity contribution is -0.134. The van der Waals surface area contributed by atoms with Crippen LogP contribution in [-0.4, -0.2) is 55.9 Å². The van der Waals surface area contributed by atoms with Crippen LogP contribution in [0.3, 0.4) is 0 Å². The molecule has 21 heavy (non-hydrogen) atoms. The molecule has 0 aromatic heterocycles. The van der Waals surface area contributed by atoms with E-state index in [0.717, 1.165) is 45.4 Å². The number of hydrogen-bond donors (Lipinski definition) is 1. The van der Waals surface area contributed by atoms with Crippen molar-refractivity contribution >= 4 is 18.3 Å². The summed E-state index contributed by atoms with van der Waals surface area (Å²) in [7, 11) is 0. The fraction of sp³-hybridized carbons (Fsp3) is 0.933. The van der Waals surface area contributed by atoms with Gasteiger partial charge in [0.2, 0.25) is 5.91 Å². The zero-order chi connectivity index (χ0) is 14.2. The quantitative estimate of drug-likeness (QED) is 0.809. The molecular formula is C15H29ClN2O3. The van der Waals surface area contributed by atoms with Crippen LogP contribution in [0.25, 0.3) is 0 Å². The molecule has 1 unspecified atom stereocenters. The number of carbonyl (C=O) groups is 1. The number of amides is 1. The van der Waals surface area contributed by atoms with Gasteiger partial charge in [0.1, 0.15) is 0 Å². The van der Waals surface area contributed by atoms with E-state index < -0.39 is 0 Å². The maximum absolute atomic E-state index is 11.9. The number of piperidine rings is 1. The van der Waals surface area contributed by atoms with Crippen LogP contribution in [0.1, 0.15) is 44.9 Å². The first kappa shape index (κ1) is 18.7. The van der Waals surface area contributed by atoms with E-state index in [1.54, 1.807) is 0 Å². The van der Waals surface area contributed by atoms with E-state index in [4.69, 9.17) is 15.2 Å². The van der Waals surface area contributed by atoms with Gasteiger partial charge in [0.25, 0.3) is 0 Å². The van der Waals surface area contributed by atoms with E-state index in [9.17, 15) is 4.79 Å². The van der Waals surface area contributed by atoms with Crippen molar-refractivity contribution in [2.24, 2.45) is 5.73 Å². The van der Waals surface area contributed by atoms with Crippen molar-refractivity contribution in [3.8, 4) is 0 Å². The highest BCUT2D eigenvalue weighted by Crippen LogP contribution is 2.18. The second kappa shape index (κ2) is 10.4. The summed E-state index contributed by atoms with van der Waals surface area (Å²) in [4.78, 5) is 13.8. The lowest BCUT2D eigenvalue weighted by Crippen LogP contribution is -2.41. The van der Waals surface area contributed by atoms with Crippen LogP contribution in [0, 0.1) is 0 Å². The molecule has 2 aliphatic heterocycles. The van der Waals surface area contributed by atoms with Crippen LogP contribution < -0.4 is 5.73 Å². The maximum atomic E-state index is 11.9. The first-order chi connectivity index (χ1) is 9.79. The molecule has 1 amide bonds. The van der Waals surface area contributed by atoms with Gasteiger partial charge in [0.15, 0.2) is 0 Å². The zero-order valence-electron chi connectivity index (χ0n) is 12.8. The van der Waals surface area contributed by atoms with Gasteiger partial charge in [-0.15, -0.1) is 12.4 Å². The van der Waals surface area contributed by atoms with Crippen molar-refractivity contribution in [2.45, 2.75) is 57.2 Å². The third-order valence-corrected chi connectivity index (χ3v) is 4.18. The van der Waals surface area contributed by atoms with Crippen LogP contribution in [0.15, 0.2) is 0 Å². The number of likely N-dealkylation sites (tertiary alicyclic amines) is 1. The molecule has 2 aliphatic rings. The van der Waals surface area contributed by atoms with Gasteiger partial charge in [-0.3, -0.25) is 4.79 Å². The van der Waals surface area contributed by atoms with Crippen LogP contribution in [0.5, 0.6) is 0 Å². The average molecular weight is 321 g/mol. The van der Waals surface area contributed by atoms with Crippen LogP contribution >= 0.6 is 12.4 Å². The molecule has 2 N–H and O–H groups in total. The molecule has 2 rings (SSSR count). The summed E-state index contributed by atoms with van der Waals surface area (Å²) < 4.78 is 11.6. The molecule has 6 heteroatoms. The number of ether oxygens (including phenoxy) is 2. The van der Waals surface area contributed by atoms with Gasteiger partial charge in [0.05, 0.1) is 18.8 Å². The second-order valence-corrected chi connectivity index (χ2v) is 5.79. The van der Waals surface area contributed by atoms with Gasteiger partial charge in [-0.2, -0.15) is 0 Å². The molecule has 0 saturated carbocycles. The number of nitrogens with two attached hydrogens (primary N) is 1. The summed E-state index contributed by atoms with van der Waals surface area (Å²) in [6.07, 6.45) is 7.39. The normalized spacial score (nSPS) is 23.7. The van der Waals surface area contributed by atoms with Crippen LogP contribution in [0.4, 0.5) is 0 Å². The van der Waals surface area contributed by atoms with Crippen molar-refractivity contribution in [1.29, 1.82) is 0 Å². The van der Waals surface area contributed by atoms with E-state index in [-0.39, 0.29) is 24.4 Å². The third kappa shape index (κ3) is 6.51. The summed E-state index contributed by atoms with van der Waals surface area (Å²) in [5.74, 6) is 0.240. The fourth-order valence-corrected chi connectivity index (χ4v) is 2.87. The number of halogens is 1. The minimum absolute atomic E-state index is 0. The van der Waals surface area contributed by atoms with Gasteiger partial charge in [-0.25, -0.2) is 0 Å². The summed E-state index contributed by atoms with van der Waals surface area (Å²) in [5, 5.41) is 0. The molecule has 0 aliphatic carbocycles. The number of carbonyl (C=O) groups excluding carboxylic acids is 1. The lowest BCUT2D eigenvalue weighted by atomic mass is 10.1. The Hall–Kier alpha value is -0.360. The molecule has 0 radical (unpaired) electrons. The van der Waals surface area contributed by atoms with Gasteiger partial charge in [-0.1, -0.05) is 0 Å². The predicted octanol–water partition coefficient (Wildman–Crippen LogP) is 1.72. The highest BCUT2D eigenvalue weighted by molar-refractivity contribution is 5.85. The Kier molecular flexibility index (Phi) is 9.24. The van der Waals surface area contributed by atoms with Crippen molar-refractivity contribution in [2.75, 3.05) is 32.8 Å². The SMILES string of the molecule is Cl.NCCCC(=O)N1CCC(OCC2CCCCO2)CC1. The van der Waals surface area contributed by atoms with E-state index in [1.807, 2.05) is 4.90 Å². The average Bonchev–Trinajstić information content (AvgIpc) is 2.52. The molecule has 124 valence electrons. The van der Waals surface area contributed by atoms with Gasteiger partial charge >= 0.3 is 0 Å². The Labute approximate surface area is 133 Å². The number of hydrogen-bond acceptors (Lipinski definition) is 4. The molecule has 0 bridgehead atoms. The Balaban J connectivity index is 0.00000220. The Morgan fingerprint density at radius 2 is 2.00 bits per heavy atom. The fourth-order valence-electron chi connectivity index (χ4n) is 2.87. The molecule has 2 saturated heterocycles. The first-order valence-corrected chi connectivity index (χ1v) is 8.00. The van der Waals surface area contributed by atoms with Crippen molar-refractivity contribution in [3.63, 3.8) is 0 Å². The van der Waals surface area contributed by atoms with Gasteiger partial charge in [-0.05, 0) is 45.1 Å². The van der Waals surface area contributed by atoms with Gasteiger partial charge < -0.3 is 20.1 Å². The minimum atomic E-state index is 0. The van der Waals surface area contributed by atoms with E-state index in [0.29, 0.717) is 25.7 Å². The highest BCUT2D eigenvalue weighted by atomic mass is 35.5. The van der Waals surface area contributed by atoms with E-state index in [2.05, 4.69) is 0 Å². The molecule has 0 spiro atoms. The number of nitrogens with zero attached hydrogens (tertiary/aromatic N) is 1. The van der Waals surface area contributed by atoms with E-state index in [1.165, 1.54) is 12.8 Å². The lowest BCUT2D eigenvalue weighted by Gasteiger charge is -2.33. The molecule has 5 nitrogen and oxygen atoms in total. The third-order valence-electron chi connectivity index (χ3n) is 4.18. The summed E-state index contributed by atoms with van der Waals surface area (Å²) >= 11 is 0. The van der Waals surface area contributed by atoms with Crippen LogP contribution in [0.2, 0.25) is 0 Å². The highest BCUT2D eigenvalue weighted by Gasteiger charge is 2.24. The monoisotopic (exact) mass is 320 g/mol. The van der Waals surface area contributed by atoms with Crippen molar-refractivity contribution in [1.82, 2.24) is 4.90 Å². The molecule has 2 heterocycles. The standard InChI is InChI=1S/C15H28N2O3.ClH/c16-8-3-5-15(18)17-9-6-13(7-10-17)20-12-14-4-1-2-11-19-14;/h13-14H,1-12,16H2;1H. The second-order valence-electron chi connectivity index (χ2n) is 5.79. The Morgan fingerprint density at radius 3 is 2.62 bits per heavy atom. The smallest absolute Gasteiger partial charge is 0.222 e. The topological polar surface area (TPSA) is 64.8 Å². The molecule has 0 aromatic carbocycles. The Bertz CT molecular complexity index is 291. The molecular weight excluding hydrogens is 292 g/mol. The first-order valence-electron chi connectivity index (χ1n) is 8.00. The zero-order valence-corrected chi connectivity index (χ0v) is 13.6. The Morgan fingerprint density at radius 1 is 1.24 bits per heavy atom. The minimum Gasteiger partial charge on any atom is -0.376 e. The summed E-state index contributed by atoms with van der Waals surface area (Å²) in [6, 6.07) is 0. The number of rotatable bonds is 6. The largest absolute Gasteiger partial charge is 0.376 e.